The molecule has 0 atom stereocenters. The fourth-order valence-electron chi connectivity index (χ4n) is 2.55. The second kappa shape index (κ2) is 9.38. The largest absolute Gasteiger partial charge is 0.452 e. The molecule has 1 heterocycles. The summed E-state index contributed by atoms with van der Waals surface area (Å²) in [7, 11) is -0.896. The highest BCUT2D eigenvalue weighted by Gasteiger charge is 2.19. The van der Waals surface area contributed by atoms with Gasteiger partial charge in [0.2, 0.25) is 10.0 Å². The standard InChI is InChI=1S/C21H21N3O5S2/c1-14-7-9-15(10-8-14)18-13-30-21(22-18)23-19(25)12-29-20(26)16-5-4-6-17(11-16)31(27,28)24(2)3/h4-11,13H,12H2,1-3H3,(H,22,23,25). The highest BCUT2D eigenvalue weighted by Crippen LogP contribution is 2.25. The summed E-state index contributed by atoms with van der Waals surface area (Å²) in [5.74, 6) is -1.35. The molecule has 0 aliphatic carbocycles. The van der Waals surface area contributed by atoms with E-state index in [4.69, 9.17) is 4.74 Å². The van der Waals surface area contributed by atoms with Gasteiger partial charge >= 0.3 is 5.97 Å². The third kappa shape index (κ3) is 5.54. The van der Waals surface area contributed by atoms with Crippen LogP contribution < -0.4 is 5.32 Å². The minimum Gasteiger partial charge on any atom is -0.452 e. The monoisotopic (exact) mass is 459 g/mol. The number of hydrogen-bond acceptors (Lipinski definition) is 7. The second-order valence-electron chi connectivity index (χ2n) is 6.84. The molecule has 0 radical (unpaired) electrons. The minimum atomic E-state index is -3.69. The fraction of sp³-hybridized carbons (Fsp3) is 0.190. The number of aryl methyl sites for hydroxylation is 1. The molecule has 3 rings (SSSR count). The van der Waals surface area contributed by atoms with Crippen molar-refractivity contribution in [3.05, 3.63) is 65.0 Å². The van der Waals surface area contributed by atoms with Crippen LogP contribution in [0.1, 0.15) is 15.9 Å². The summed E-state index contributed by atoms with van der Waals surface area (Å²) in [5.41, 5.74) is 2.84. The van der Waals surface area contributed by atoms with Gasteiger partial charge in [-0.25, -0.2) is 22.5 Å². The molecule has 0 bridgehead atoms. The number of esters is 1. The Kier molecular flexibility index (Phi) is 6.84. The number of anilines is 1. The summed E-state index contributed by atoms with van der Waals surface area (Å²) in [5, 5.41) is 4.80. The predicted octanol–water partition coefficient (Wildman–Crippen LogP) is 3.16. The molecule has 0 saturated carbocycles. The Morgan fingerprint density at radius 2 is 1.84 bits per heavy atom. The Morgan fingerprint density at radius 1 is 1.13 bits per heavy atom. The lowest BCUT2D eigenvalue weighted by Gasteiger charge is -2.12. The van der Waals surface area contributed by atoms with Gasteiger partial charge in [0.05, 0.1) is 16.2 Å². The lowest BCUT2D eigenvalue weighted by atomic mass is 10.1. The predicted molar refractivity (Wildman–Crippen MR) is 119 cm³/mol. The molecule has 0 aliphatic rings. The molecule has 1 N–H and O–H groups in total. The third-order valence-electron chi connectivity index (χ3n) is 4.28. The molecule has 162 valence electrons. The molecular formula is C21H21N3O5S2. The van der Waals surface area contributed by atoms with Crippen molar-refractivity contribution in [3.8, 4) is 11.3 Å². The van der Waals surface area contributed by atoms with Gasteiger partial charge in [-0.1, -0.05) is 35.9 Å². The van der Waals surface area contributed by atoms with Crippen molar-refractivity contribution < 1.29 is 22.7 Å². The van der Waals surface area contributed by atoms with Crippen LogP contribution in [0.2, 0.25) is 0 Å². The molecule has 8 nitrogen and oxygen atoms in total. The molecule has 2 aromatic carbocycles. The van der Waals surface area contributed by atoms with Crippen LogP contribution in [0, 0.1) is 6.92 Å². The van der Waals surface area contributed by atoms with Crippen LogP contribution in [0.5, 0.6) is 0 Å². The number of hydrogen-bond donors (Lipinski definition) is 1. The molecule has 0 fully saturated rings. The lowest BCUT2D eigenvalue weighted by molar-refractivity contribution is -0.119. The summed E-state index contributed by atoms with van der Waals surface area (Å²) in [4.78, 5) is 28.7. The number of thiazole rings is 1. The molecule has 31 heavy (non-hydrogen) atoms. The van der Waals surface area contributed by atoms with E-state index in [2.05, 4.69) is 10.3 Å². The zero-order valence-electron chi connectivity index (χ0n) is 17.2. The molecule has 0 aliphatic heterocycles. The summed E-state index contributed by atoms with van der Waals surface area (Å²) in [6.45, 7) is 1.47. The van der Waals surface area contributed by atoms with Crippen molar-refractivity contribution >= 4 is 38.4 Å². The number of rotatable bonds is 7. The van der Waals surface area contributed by atoms with Crippen LogP contribution in [0.4, 0.5) is 5.13 Å². The third-order valence-corrected chi connectivity index (χ3v) is 6.85. The Hall–Kier alpha value is -3.08. The number of nitrogens with zero attached hydrogens (tertiary/aromatic N) is 2. The van der Waals surface area contributed by atoms with E-state index in [0.717, 1.165) is 21.1 Å². The number of nitrogens with one attached hydrogen (secondary N) is 1. The summed E-state index contributed by atoms with van der Waals surface area (Å²) >= 11 is 1.26. The van der Waals surface area contributed by atoms with Gasteiger partial charge in [-0.15, -0.1) is 11.3 Å². The maximum Gasteiger partial charge on any atom is 0.338 e. The van der Waals surface area contributed by atoms with Gasteiger partial charge < -0.3 is 4.74 Å². The molecule has 0 unspecified atom stereocenters. The van der Waals surface area contributed by atoms with Crippen LogP contribution >= 0.6 is 11.3 Å². The van der Waals surface area contributed by atoms with Crippen LogP contribution in [-0.2, 0) is 19.6 Å². The zero-order valence-corrected chi connectivity index (χ0v) is 18.8. The lowest BCUT2D eigenvalue weighted by Crippen LogP contribution is -2.23. The smallest absolute Gasteiger partial charge is 0.338 e. The zero-order chi connectivity index (χ0) is 22.6. The van der Waals surface area contributed by atoms with E-state index in [1.165, 1.54) is 49.7 Å². The van der Waals surface area contributed by atoms with Crippen LogP contribution in [-0.4, -0.2) is 50.3 Å². The maximum atomic E-state index is 12.2. The summed E-state index contributed by atoms with van der Waals surface area (Å²) < 4.78 is 30.5. The summed E-state index contributed by atoms with van der Waals surface area (Å²) in [6.07, 6.45) is 0. The Morgan fingerprint density at radius 3 is 2.52 bits per heavy atom. The van der Waals surface area contributed by atoms with E-state index in [0.29, 0.717) is 5.13 Å². The first-order chi connectivity index (χ1) is 14.7. The van der Waals surface area contributed by atoms with E-state index in [1.807, 2.05) is 36.6 Å². The molecule has 1 amide bonds. The fourth-order valence-corrected chi connectivity index (χ4v) is 4.24. The van der Waals surface area contributed by atoms with Crippen molar-refractivity contribution in [1.82, 2.24) is 9.29 Å². The molecule has 0 saturated heterocycles. The van der Waals surface area contributed by atoms with Crippen LogP contribution in [0.15, 0.2) is 58.8 Å². The first-order valence-electron chi connectivity index (χ1n) is 9.19. The number of carbonyl (C=O) groups excluding carboxylic acids is 2. The van der Waals surface area contributed by atoms with E-state index in [1.54, 1.807) is 0 Å². The van der Waals surface area contributed by atoms with E-state index >= 15 is 0 Å². The molecule has 1 aromatic heterocycles. The number of sulfonamides is 1. The quantitative estimate of drug-likeness (QED) is 0.544. The Balaban J connectivity index is 1.59. The Bertz CT molecular complexity index is 1200. The van der Waals surface area contributed by atoms with Crippen molar-refractivity contribution in [2.75, 3.05) is 26.0 Å². The number of ether oxygens (including phenoxy) is 1. The molecule has 3 aromatic rings. The topological polar surface area (TPSA) is 106 Å². The number of aromatic nitrogens is 1. The summed E-state index contributed by atoms with van der Waals surface area (Å²) in [6, 6.07) is 13.3. The Labute approximate surface area is 184 Å². The molecule has 0 spiro atoms. The van der Waals surface area contributed by atoms with Gasteiger partial charge in [-0.3, -0.25) is 10.1 Å². The average Bonchev–Trinajstić information content (AvgIpc) is 3.20. The van der Waals surface area contributed by atoms with Gasteiger partial charge in [0.1, 0.15) is 0 Å². The minimum absolute atomic E-state index is 0.0339. The first-order valence-corrected chi connectivity index (χ1v) is 11.5. The first kappa shape index (κ1) is 22.6. The number of carbonyl (C=O) groups is 2. The van der Waals surface area contributed by atoms with Crippen molar-refractivity contribution in [1.29, 1.82) is 0 Å². The number of benzene rings is 2. The molecule has 10 heteroatoms. The second-order valence-corrected chi connectivity index (χ2v) is 9.85. The van der Waals surface area contributed by atoms with E-state index in [9.17, 15) is 18.0 Å². The van der Waals surface area contributed by atoms with Crippen LogP contribution in [0.25, 0.3) is 11.3 Å². The average molecular weight is 460 g/mol. The van der Waals surface area contributed by atoms with E-state index < -0.39 is 28.5 Å². The van der Waals surface area contributed by atoms with Crippen molar-refractivity contribution in [3.63, 3.8) is 0 Å². The SMILES string of the molecule is Cc1ccc(-c2csc(NC(=O)COC(=O)c3cccc(S(=O)(=O)N(C)C)c3)n2)cc1. The maximum absolute atomic E-state index is 12.2. The van der Waals surface area contributed by atoms with E-state index in [-0.39, 0.29) is 10.5 Å². The van der Waals surface area contributed by atoms with Crippen molar-refractivity contribution in [2.45, 2.75) is 11.8 Å². The van der Waals surface area contributed by atoms with Crippen molar-refractivity contribution in [2.24, 2.45) is 0 Å². The van der Waals surface area contributed by atoms with Gasteiger partial charge in [-0.05, 0) is 25.1 Å². The van der Waals surface area contributed by atoms with Gasteiger partial charge in [0.25, 0.3) is 5.91 Å². The highest BCUT2D eigenvalue weighted by atomic mass is 32.2. The number of amides is 1. The highest BCUT2D eigenvalue weighted by molar-refractivity contribution is 7.89. The normalized spacial score (nSPS) is 11.4. The molecular weight excluding hydrogens is 438 g/mol. The van der Waals surface area contributed by atoms with Crippen LogP contribution in [0.3, 0.4) is 0 Å². The van der Waals surface area contributed by atoms with Gasteiger partial charge in [0, 0.05) is 25.0 Å². The van der Waals surface area contributed by atoms with Gasteiger partial charge in [0.15, 0.2) is 11.7 Å². The van der Waals surface area contributed by atoms with Gasteiger partial charge in [-0.2, -0.15) is 0 Å².